The van der Waals surface area contributed by atoms with Crippen LogP contribution in [-0.2, 0) is 16.9 Å². The third kappa shape index (κ3) is 4.24. The van der Waals surface area contributed by atoms with E-state index in [0.717, 1.165) is 16.7 Å². The lowest BCUT2D eigenvalue weighted by Gasteiger charge is -2.39. The zero-order valence-electron chi connectivity index (χ0n) is 14.4. The van der Waals surface area contributed by atoms with Crippen LogP contribution < -0.4 is 0 Å². The monoisotopic (exact) mass is 321 g/mol. The molecule has 1 fully saturated rings. The number of benzene rings is 1. The number of carbonyl (C=O) groups is 1. The highest BCUT2D eigenvalue weighted by Gasteiger charge is 2.37. The van der Waals surface area contributed by atoms with E-state index in [4.69, 9.17) is 4.74 Å². The Hall–Kier alpha value is -1.59. The largest absolute Gasteiger partial charge is 0.444 e. The summed E-state index contributed by atoms with van der Waals surface area (Å²) in [7, 11) is 0. The van der Waals surface area contributed by atoms with E-state index in [9.17, 15) is 15.0 Å². The predicted octanol–water partition coefficient (Wildman–Crippen LogP) is 2.71. The summed E-state index contributed by atoms with van der Waals surface area (Å²) in [6.07, 6.45) is 0.525. The zero-order chi connectivity index (χ0) is 17.3. The van der Waals surface area contributed by atoms with Crippen molar-refractivity contribution in [2.24, 2.45) is 0 Å². The van der Waals surface area contributed by atoms with Crippen molar-refractivity contribution in [2.45, 2.75) is 58.3 Å². The van der Waals surface area contributed by atoms with Crippen LogP contribution in [0.4, 0.5) is 4.79 Å². The van der Waals surface area contributed by atoms with E-state index < -0.39 is 11.2 Å². The number of rotatable bonds is 2. The highest BCUT2D eigenvalue weighted by atomic mass is 16.6. The van der Waals surface area contributed by atoms with E-state index in [-0.39, 0.29) is 12.7 Å². The van der Waals surface area contributed by atoms with E-state index in [2.05, 4.69) is 0 Å². The Bertz CT molecular complexity index is 569. The van der Waals surface area contributed by atoms with Gasteiger partial charge in [-0.25, -0.2) is 4.79 Å². The molecule has 0 saturated carbocycles. The van der Waals surface area contributed by atoms with Crippen molar-refractivity contribution >= 4 is 6.09 Å². The number of hydrogen-bond acceptors (Lipinski definition) is 4. The van der Waals surface area contributed by atoms with Gasteiger partial charge in [-0.2, -0.15) is 0 Å². The van der Waals surface area contributed by atoms with Crippen LogP contribution in [0.15, 0.2) is 18.2 Å². The Balaban J connectivity index is 2.11. The highest BCUT2D eigenvalue weighted by Crippen LogP contribution is 2.35. The van der Waals surface area contributed by atoms with Gasteiger partial charge in [-0.15, -0.1) is 0 Å². The van der Waals surface area contributed by atoms with E-state index in [1.54, 1.807) is 4.90 Å². The minimum atomic E-state index is -1.01. The maximum Gasteiger partial charge on any atom is 0.410 e. The fourth-order valence-electron chi connectivity index (χ4n) is 2.92. The summed E-state index contributed by atoms with van der Waals surface area (Å²) in [6.45, 7) is 8.24. The van der Waals surface area contributed by atoms with Crippen LogP contribution in [0.25, 0.3) is 0 Å². The molecule has 1 aliphatic heterocycles. The maximum atomic E-state index is 12.1. The van der Waals surface area contributed by atoms with E-state index in [0.29, 0.717) is 25.9 Å². The highest BCUT2D eigenvalue weighted by molar-refractivity contribution is 5.68. The number of amides is 1. The molecule has 1 aromatic carbocycles. The van der Waals surface area contributed by atoms with Crippen LogP contribution in [-0.4, -0.2) is 39.9 Å². The summed E-state index contributed by atoms with van der Waals surface area (Å²) in [5.41, 5.74) is 1.02. The standard InChI is InChI=1S/C18H27NO4/c1-13-5-6-14(12-20)15(11-13)18(22)7-9-19(10-8-18)16(21)23-17(2,3)4/h5-6,11,20,22H,7-10,12H2,1-4H3. The van der Waals surface area contributed by atoms with Crippen LogP contribution in [0, 0.1) is 6.92 Å². The average molecular weight is 321 g/mol. The van der Waals surface area contributed by atoms with Crippen molar-refractivity contribution in [1.29, 1.82) is 0 Å². The molecular weight excluding hydrogens is 294 g/mol. The molecule has 0 radical (unpaired) electrons. The first-order valence-electron chi connectivity index (χ1n) is 8.06. The van der Waals surface area contributed by atoms with Gasteiger partial charge >= 0.3 is 6.09 Å². The van der Waals surface area contributed by atoms with Gasteiger partial charge < -0.3 is 19.8 Å². The van der Waals surface area contributed by atoms with Gasteiger partial charge in [-0.05, 0) is 51.7 Å². The summed E-state index contributed by atoms with van der Waals surface area (Å²) >= 11 is 0. The molecule has 0 bridgehead atoms. The number of nitrogens with zero attached hydrogens (tertiary/aromatic N) is 1. The molecule has 1 aromatic rings. The predicted molar refractivity (Wildman–Crippen MR) is 88.0 cm³/mol. The minimum Gasteiger partial charge on any atom is -0.444 e. The lowest BCUT2D eigenvalue weighted by atomic mass is 9.81. The first kappa shape index (κ1) is 17.8. The topological polar surface area (TPSA) is 70.0 Å². The van der Waals surface area contributed by atoms with Crippen LogP contribution in [0.5, 0.6) is 0 Å². The summed E-state index contributed by atoms with van der Waals surface area (Å²) < 4.78 is 5.38. The second-order valence-corrected chi connectivity index (χ2v) is 7.32. The number of likely N-dealkylation sites (tertiary alicyclic amines) is 1. The molecule has 0 aromatic heterocycles. The SMILES string of the molecule is Cc1ccc(CO)c(C2(O)CCN(C(=O)OC(C)(C)C)CC2)c1. The van der Waals surface area contributed by atoms with Crippen molar-refractivity contribution < 1.29 is 19.7 Å². The van der Waals surface area contributed by atoms with Gasteiger partial charge in [0, 0.05) is 13.1 Å². The Morgan fingerprint density at radius 1 is 1.30 bits per heavy atom. The summed E-state index contributed by atoms with van der Waals surface area (Å²) in [5.74, 6) is 0. The first-order valence-corrected chi connectivity index (χ1v) is 8.06. The number of aryl methyl sites for hydroxylation is 1. The Labute approximate surface area is 137 Å². The first-order chi connectivity index (χ1) is 10.6. The van der Waals surface area contributed by atoms with Gasteiger partial charge in [0.2, 0.25) is 0 Å². The van der Waals surface area contributed by atoms with Crippen molar-refractivity contribution in [3.63, 3.8) is 0 Å². The van der Waals surface area contributed by atoms with Crippen molar-refractivity contribution in [3.05, 3.63) is 34.9 Å². The van der Waals surface area contributed by atoms with Gasteiger partial charge in [0.15, 0.2) is 0 Å². The molecule has 0 spiro atoms. The van der Waals surface area contributed by atoms with Crippen LogP contribution in [0.3, 0.4) is 0 Å². The zero-order valence-corrected chi connectivity index (χ0v) is 14.4. The lowest BCUT2D eigenvalue weighted by Crippen LogP contribution is -2.47. The summed E-state index contributed by atoms with van der Waals surface area (Å²) in [5, 5.41) is 20.5. The Morgan fingerprint density at radius 3 is 2.43 bits per heavy atom. The van der Waals surface area contributed by atoms with Crippen molar-refractivity contribution in [2.75, 3.05) is 13.1 Å². The quantitative estimate of drug-likeness (QED) is 0.879. The number of piperidine rings is 1. The van der Waals surface area contributed by atoms with Crippen LogP contribution >= 0.6 is 0 Å². The molecule has 1 amide bonds. The second kappa shape index (κ2) is 6.49. The van der Waals surface area contributed by atoms with Crippen molar-refractivity contribution in [3.8, 4) is 0 Å². The molecule has 1 aliphatic rings. The fraction of sp³-hybridized carbons (Fsp3) is 0.611. The minimum absolute atomic E-state index is 0.103. The molecule has 2 rings (SSSR count). The molecule has 0 atom stereocenters. The average Bonchev–Trinajstić information content (AvgIpc) is 2.46. The number of ether oxygens (including phenoxy) is 1. The maximum absolute atomic E-state index is 12.1. The lowest BCUT2D eigenvalue weighted by molar-refractivity contribution is -0.0366. The van der Waals surface area contributed by atoms with Gasteiger partial charge in [0.05, 0.1) is 12.2 Å². The number of aliphatic hydroxyl groups is 2. The molecule has 1 heterocycles. The molecule has 2 N–H and O–H groups in total. The molecule has 23 heavy (non-hydrogen) atoms. The number of hydrogen-bond donors (Lipinski definition) is 2. The molecule has 0 unspecified atom stereocenters. The van der Waals surface area contributed by atoms with Gasteiger partial charge in [-0.1, -0.05) is 23.8 Å². The second-order valence-electron chi connectivity index (χ2n) is 7.32. The summed E-state index contributed by atoms with van der Waals surface area (Å²) in [6, 6.07) is 5.70. The molecule has 128 valence electrons. The Morgan fingerprint density at radius 2 is 1.91 bits per heavy atom. The normalized spacial score (nSPS) is 17.9. The molecule has 0 aliphatic carbocycles. The van der Waals surface area contributed by atoms with E-state index in [1.165, 1.54) is 0 Å². The van der Waals surface area contributed by atoms with E-state index >= 15 is 0 Å². The van der Waals surface area contributed by atoms with Gasteiger partial charge in [-0.3, -0.25) is 0 Å². The molecule has 5 nitrogen and oxygen atoms in total. The third-order valence-electron chi connectivity index (χ3n) is 4.18. The van der Waals surface area contributed by atoms with Crippen LogP contribution in [0.1, 0.15) is 50.3 Å². The molecule has 1 saturated heterocycles. The van der Waals surface area contributed by atoms with Crippen molar-refractivity contribution in [1.82, 2.24) is 4.90 Å². The van der Waals surface area contributed by atoms with Crippen LogP contribution in [0.2, 0.25) is 0 Å². The fourth-order valence-corrected chi connectivity index (χ4v) is 2.92. The van der Waals surface area contributed by atoms with Gasteiger partial charge in [0.1, 0.15) is 5.60 Å². The Kier molecular flexibility index (Phi) is 5.01. The number of carbonyl (C=O) groups excluding carboxylic acids is 1. The third-order valence-corrected chi connectivity index (χ3v) is 4.18. The number of aliphatic hydroxyl groups excluding tert-OH is 1. The van der Waals surface area contributed by atoms with Gasteiger partial charge in [0.25, 0.3) is 0 Å². The summed E-state index contributed by atoms with van der Waals surface area (Å²) in [4.78, 5) is 13.8. The molecular formula is C18H27NO4. The van der Waals surface area contributed by atoms with E-state index in [1.807, 2.05) is 45.9 Å². The smallest absolute Gasteiger partial charge is 0.410 e. The molecule has 5 heteroatoms.